The van der Waals surface area contributed by atoms with Gasteiger partial charge in [-0.25, -0.2) is 0 Å². The third kappa shape index (κ3) is 5.17. The molecule has 0 aliphatic carbocycles. The van der Waals surface area contributed by atoms with Gasteiger partial charge in [-0.15, -0.1) is 24.0 Å². The Kier molecular flexibility index (Phi) is 8.26. The van der Waals surface area contributed by atoms with Gasteiger partial charge in [-0.3, -0.25) is 4.99 Å². The van der Waals surface area contributed by atoms with Gasteiger partial charge < -0.3 is 20.4 Å². The molecule has 1 atom stereocenters. The van der Waals surface area contributed by atoms with Crippen molar-refractivity contribution in [1.82, 2.24) is 15.6 Å². The summed E-state index contributed by atoms with van der Waals surface area (Å²) >= 11 is 0. The zero-order valence-corrected chi connectivity index (χ0v) is 15.7. The summed E-state index contributed by atoms with van der Waals surface area (Å²) in [5.41, 5.74) is 2.50. The van der Waals surface area contributed by atoms with Crippen molar-refractivity contribution in [3.05, 3.63) is 36.0 Å². The number of H-pyrrole nitrogens is 1. The largest absolute Gasteiger partial charge is 0.383 e. The van der Waals surface area contributed by atoms with Crippen LogP contribution >= 0.6 is 24.0 Å². The molecule has 2 aromatic rings. The fourth-order valence-electron chi connectivity index (χ4n) is 2.37. The molecule has 0 fully saturated rings. The lowest BCUT2D eigenvalue weighted by Gasteiger charge is -2.17. The van der Waals surface area contributed by atoms with Crippen molar-refractivity contribution < 1.29 is 4.74 Å². The second-order valence-electron chi connectivity index (χ2n) is 5.11. The summed E-state index contributed by atoms with van der Waals surface area (Å²) in [6.07, 6.45) is 3.03. The van der Waals surface area contributed by atoms with Gasteiger partial charge in [-0.1, -0.05) is 18.2 Å². The van der Waals surface area contributed by atoms with Crippen LogP contribution in [0.15, 0.2) is 35.5 Å². The molecule has 0 saturated carbocycles. The number of aromatic amines is 1. The molecule has 1 aromatic heterocycles. The monoisotopic (exact) mass is 416 g/mol. The number of benzene rings is 1. The van der Waals surface area contributed by atoms with Crippen LogP contribution in [-0.2, 0) is 11.2 Å². The fraction of sp³-hybridized carbons (Fsp3) is 0.438. The molecule has 6 heteroatoms. The van der Waals surface area contributed by atoms with Crippen molar-refractivity contribution in [2.75, 3.05) is 27.3 Å². The Morgan fingerprint density at radius 1 is 1.36 bits per heavy atom. The van der Waals surface area contributed by atoms with Crippen molar-refractivity contribution in [2.45, 2.75) is 19.4 Å². The van der Waals surface area contributed by atoms with Gasteiger partial charge >= 0.3 is 0 Å². The van der Waals surface area contributed by atoms with Crippen molar-refractivity contribution >= 4 is 40.8 Å². The number of fused-ring (bicyclic) bond motifs is 1. The molecular formula is C16H25IN4O. The van der Waals surface area contributed by atoms with Crippen LogP contribution in [0.25, 0.3) is 10.9 Å². The Balaban J connectivity index is 0.00000242. The average Bonchev–Trinajstić information content (AvgIpc) is 2.90. The van der Waals surface area contributed by atoms with Gasteiger partial charge in [0.25, 0.3) is 0 Å². The number of ether oxygens (including phenoxy) is 1. The first-order chi connectivity index (χ1) is 10.2. The van der Waals surface area contributed by atoms with Gasteiger partial charge in [0.15, 0.2) is 5.96 Å². The van der Waals surface area contributed by atoms with Gasteiger partial charge in [0.05, 0.1) is 6.61 Å². The van der Waals surface area contributed by atoms with E-state index in [1.807, 2.05) is 6.07 Å². The standard InChI is InChI=1S/C16H24N4O.HI/c1-12(11-21-3)20-16(17-2)18-9-8-13-10-19-15-7-5-4-6-14(13)15;/h4-7,10,12,19H,8-9,11H2,1-3H3,(H2,17,18,20);1H. The first-order valence-corrected chi connectivity index (χ1v) is 7.25. The molecule has 22 heavy (non-hydrogen) atoms. The van der Waals surface area contributed by atoms with E-state index in [0.717, 1.165) is 18.9 Å². The number of aliphatic imine (C=N–C) groups is 1. The summed E-state index contributed by atoms with van der Waals surface area (Å²) in [5, 5.41) is 7.91. The third-order valence-electron chi connectivity index (χ3n) is 3.39. The van der Waals surface area contributed by atoms with Crippen molar-refractivity contribution in [3.63, 3.8) is 0 Å². The number of hydrogen-bond donors (Lipinski definition) is 3. The Bertz CT molecular complexity index is 597. The highest BCUT2D eigenvalue weighted by atomic mass is 127. The van der Waals surface area contributed by atoms with E-state index in [4.69, 9.17) is 4.74 Å². The molecule has 0 saturated heterocycles. The lowest BCUT2D eigenvalue weighted by molar-refractivity contribution is 0.179. The van der Waals surface area contributed by atoms with Crippen LogP contribution in [0.1, 0.15) is 12.5 Å². The predicted octanol–water partition coefficient (Wildman–Crippen LogP) is 2.53. The van der Waals surface area contributed by atoms with Crippen molar-refractivity contribution in [2.24, 2.45) is 4.99 Å². The molecule has 3 N–H and O–H groups in total. The summed E-state index contributed by atoms with van der Waals surface area (Å²) in [7, 11) is 3.48. The molecule has 5 nitrogen and oxygen atoms in total. The number of hydrogen-bond acceptors (Lipinski definition) is 2. The van der Waals surface area contributed by atoms with Crippen molar-refractivity contribution in [3.8, 4) is 0 Å². The number of para-hydroxylation sites is 1. The van der Waals surface area contributed by atoms with Gasteiger partial charge in [-0.05, 0) is 25.0 Å². The number of nitrogens with zero attached hydrogens (tertiary/aromatic N) is 1. The summed E-state index contributed by atoms with van der Waals surface area (Å²) in [5.74, 6) is 0.805. The molecule has 0 aliphatic rings. The summed E-state index contributed by atoms with van der Waals surface area (Å²) in [6.45, 7) is 3.56. The summed E-state index contributed by atoms with van der Waals surface area (Å²) < 4.78 is 5.11. The quantitative estimate of drug-likeness (QED) is 0.385. The van der Waals surface area contributed by atoms with E-state index in [9.17, 15) is 0 Å². The Labute approximate surface area is 148 Å². The van der Waals surface area contributed by atoms with Gasteiger partial charge in [0.2, 0.25) is 0 Å². The second kappa shape index (κ2) is 9.68. The van der Waals surface area contributed by atoms with Crippen LogP contribution in [0, 0.1) is 0 Å². The average molecular weight is 416 g/mol. The number of halogens is 1. The van der Waals surface area contributed by atoms with Crippen LogP contribution in [-0.4, -0.2) is 44.3 Å². The number of rotatable bonds is 6. The van der Waals surface area contributed by atoms with Gasteiger partial charge in [0.1, 0.15) is 0 Å². The Morgan fingerprint density at radius 3 is 2.86 bits per heavy atom. The van der Waals surface area contributed by atoms with E-state index in [0.29, 0.717) is 6.61 Å². The Hall–Kier alpha value is -1.28. The Morgan fingerprint density at radius 2 is 2.14 bits per heavy atom. The lowest BCUT2D eigenvalue weighted by Crippen LogP contribution is -2.44. The predicted molar refractivity (Wildman–Crippen MR) is 103 cm³/mol. The second-order valence-corrected chi connectivity index (χ2v) is 5.11. The number of aromatic nitrogens is 1. The smallest absolute Gasteiger partial charge is 0.191 e. The molecule has 0 aliphatic heterocycles. The highest BCUT2D eigenvalue weighted by Crippen LogP contribution is 2.17. The molecule has 0 radical (unpaired) electrons. The van der Waals surface area contributed by atoms with Crippen LogP contribution in [0.4, 0.5) is 0 Å². The maximum atomic E-state index is 5.11. The first-order valence-electron chi connectivity index (χ1n) is 7.25. The normalized spacial score (nSPS) is 12.8. The highest BCUT2D eigenvalue weighted by molar-refractivity contribution is 14.0. The van der Waals surface area contributed by atoms with Gasteiger partial charge in [-0.2, -0.15) is 0 Å². The van der Waals surface area contributed by atoms with Crippen LogP contribution < -0.4 is 10.6 Å². The van der Waals surface area contributed by atoms with Gasteiger partial charge in [0, 0.05) is 43.8 Å². The maximum Gasteiger partial charge on any atom is 0.191 e. The number of guanidine groups is 1. The molecule has 1 unspecified atom stereocenters. The topological polar surface area (TPSA) is 61.4 Å². The zero-order chi connectivity index (χ0) is 15.1. The zero-order valence-electron chi connectivity index (χ0n) is 13.3. The van der Waals surface area contributed by atoms with E-state index in [-0.39, 0.29) is 30.0 Å². The molecule has 0 amide bonds. The minimum absolute atomic E-state index is 0. The van der Waals surface area contributed by atoms with E-state index in [2.05, 4.69) is 51.9 Å². The summed E-state index contributed by atoms with van der Waals surface area (Å²) in [4.78, 5) is 7.52. The van der Waals surface area contributed by atoms with Crippen LogP contribution in [0.5, 0.6) is 0 Å². The molecular weight excluding hydrogens is 391 g/mol. The van der Waals surface area contributed by atoms with Crippen LogP contribution in [0.2, 0.25) is 0 Å². The molecule has 0 spiro atoms. The molecule has 1 aromatic carbocycles. The number of nitrogens with one attached hydrogen (secondary N) is 3. The third-order valence-corrected chi connectivity index (χ3v) is 3.39. The minimum Gasteiger partial charge on any atom is -0.383 e. The van der Waals surface area contributed by atoms with Crippen molar-refractivity contribution in [1.29, 1.82) is 0 Å². The van der Waals surface area contributed by atoms with E-state index < -0.39 is 0 Å². The molecule has 2 rings (SSSR count). The molecule has 122 valence electrons. The van der Waals surface area contributed by atoms with Crippen LogP contribution in [0.3, 0.4) is 0 Å². The molecule has 0 bridgehead atoms. The van der Waals surface area contributed by atoms with E-state index in [1.165, 1.54) is 16.5 Å². The SMILES string of the molecule is CN=C(NCCc1c[nH]c2ccccc12)NC(C)COC.I. The highest BCUT2D eigenvalue weighted by Gasteiger charge is 2.06. The molecule has 1 heterocycles. The summed E-state index contributed by atoms with van der Waals surface area (Å²) in [6, 6.07) is 8.59. The lowest BCUT2D eigenvalue weighted by atomic mass is 10.1. The maximum absolute atomic E-state index is 5.11. The minimum atomic E-state index is 0. The number of methoxy groups -OCH3 is 1. The van der Waals surface area contributed by atoms with E-state index >= 15 is 0 Å². The first kappa shape index (κ1) is 18.8. The fourth-order valence-corrected chi connectivity index (χ4v) is 2.37. The van der Waals surface area contributed by atoms with E-state index in [1.54, 1.807) is 14.2 Å².